The second-order valence-corrected chi connectivity index (χ2v) is 2.03. The van der Waals surface area contributed by atoms with Crippen molar-refractivity contribution in [2.45, 2.75) is 0 Å². The van der Waals surface area contributed by atoms with Crippen LogP contribution in [0.25, 0.3) is 0 Å². The van der Waals surface area contributed by atoms with Crippen molar-refractivity contribution >= 4 is 5.91 Å². The third-order valence-electron chi connectivity index (χ3n) is 1.29. The summed E-state index contributed by atoms with van der Waals surface area (Å²) in [4.78, 5) is 10.9. The number of carbonyl (C=O) groups is 1. The summed E-state index contributed by atoms with van der Waals surface area (Å²) in [6.45, 7) is 0. The maximum atomic E-state index is 10.9. The van der Waals surface area contributed by atoms with Crippen LogP contribution in [0.15, 0.2) is 24.5 Å². The second kappa shape index (κ2) is 3.01. The van der Waals surface area contributed by atoms with Crippen LogP contribution in [0.4, 0.5) is 0 Å². The average molecular weight is 152 g/mol. The highest BCUT2D eigenvalue weighted by Crippen LogP contribution is 1.92. The zero-order chi connectivity index (χ0) is 8.27. The van der Waals surface area contributed by atoms with E-state index >= 15 is 0 Å². The third kappa shape index (κ3) is 1.67. The predicted octanol–water partition coefficient (Wildman–Crippen LogP) is -0.320. The fraction of sp³-hybridized carbons (Fsp3) is 0.143. The molecule has 0 saturated heterocycles. The normalized spacial score (nSPS) is 9.18. The fourth-order valence-corrected chi connectivity index (χ4v) is 0.708. The molecular formula is C7H8N2O2. The van der Waals surface area contributed by atoms with Crippen molar-refractivity contribution in [3.8, 4) is 0 Å². The predicted molar refractivity (Wildman–Crippen MR) is 38.8 cm³/mol. The molecule has 1 heterocycles. The van der Waals surface area contributed by atoms with Crippen LogP contribution in [0.1, 0.15) is 10.4 Å². The molecule has 0 aliphatic heterocycles. The highest BCUT2D eigenvalue weighted by atomic mass is 16.5. The van der Waals surface area contributed by atoms with Crippen LogP contribution in [-0.2, 0) is 0 Å². The van der Waals surface area contributed by atoms with Crippen molar-refractivity contribution in [2.75, 3.05) is 7.05 Å². The molecular weight excluding hydrogens is 144 g/mol. The Labute approximate surface area is 64.1 Å². The molecule has 0 aromatic carbocycles. The molecule has 58 valence electrons. The molecule has 0 aliphatic carbocycles. The Morgan fingerprint density at radius 2 is 2.09 bits per heavy atom. The van der Waals surface area contributed by atoms with Gasteiger partial charge < -0.3 is 10.5 Å². The highest BCUT2D eigenvalue weighted by Gasteiger charge is 2.02. The summed E-state index contributed by atoms with van der Waals surface area (Å²) in [5.74, 6) is -0.189. The summed E-state index contributed by atoms with van der Waals surface area (Å²) in [6.07, 6.45) is 2.56. The van der Waals surface area contributed by atoms with Crippen molar-refractivity contribution in [2.24, 2.45) is 0 Å². The minimum Gasteiger partial charge on any atom is -0.619 e. The number of aromatic nitrogens is 1. The van der Waals surface area contributed by atoms with E-state index < -0.39 is 0 Å². The van der Waals surface area contributed by atoms with E-state index in [2.05, 4.69) is 5.32 Å². The number of nitrogens with one attached hydrogen (secondary N) is 1. The van der Waals surface area contributed by atoms with Gasteiger partial charge in [-0.25, -0.2) is 0 Å². The van der Waals surface area contributed by atoms with Gasteiger partial charge in [-0.3, -0.25) is 4.79 Å². The molecule has 11 heavy (non-hydrogen) atoms. The van der Waals surface area contributed by atoms with E-state index in [0.717, 1.165) is 0 Å². The van der Waals surface area contributed by atoms with Gasteiger partial charge in [0, 0.05) is 19.2 Å². The maximum Gasteiger partial charge on any atom is 0.251 e. The fourth-order valence-electron chi connectivity index (χ4n) is 0.708. The standard InChI is InChI=1S/C7H8N2O2/c1-8-7(10)6-2-4-9(11)5-3-6/h2-5H,1H3,(H,8,10). The van der Waals surface area contributed by atoms with Gasteiger partial charge in [0.25, 0.3) is 5.91 Å². The van der Waals surface area contributed by atoms with Gasteiger partial charge in [0.15, 0.2) is 12.4 Å². The lowest BCUT2D eigenvalue weighted by Crippen LogP contribution is -2.26. The van der Waals surface area contributed by atoms with Crippen molar-refractivity contribution in [3.05, 3.63) is 35.3 Å². The molecule has 1 N–H and O–H groups in total. The topological polar surface area (TPSA) is 56.0 Å². The summed E-state index contributed by atoms with van der Waals surface area (Å²) in [5, 5.41) is 13.0. The molecule has 0 atom stereocenters. The molecule has 1 aromatic rings. The Morgan fingerprint density at radius 3 is 2.55 bits per heavy atom. The van der Waals surface area contributed by atoms with Gasteiger partial charge in [-0.1, -0.05) is 0 Å². The van der Waals surface area contributed by atoms with Crippen LogP contribution < -0.4 is 10.0 Å². The Kier molecular flexibility index (Phi) is 2.06. The number of hydrogen-bond donors (Lipinski definition) is 1. The molecule has 1 amide bonds. The molecule has 4 heteroatoms. The molecule has 0 spiro atoms. The first-order chi connectivity index (χ1) is 5.24. The SMILES string of the molecule is CNC(=O)c1cc[n+]([O-])cc1. The monoisotopic (exact) mass is 152 g/mol. The molecule has 0 unspecified atom stereocenters. The third-order valence-corrected chi connectivity index (χ3v) is 1.29. The van der Waals surface area contributed by atoms with E-state index in [9.17, 15) is 10.0 Å². The zero-order valence-electron chi connectivity index (χ0n) is 6.07. The summed E-state index contributed by atoms with van der Waals surface area (Å²) < 4.78 is 0.631. The van der Waals surface area contributed by atoms with Crippen LogP contribution >= 0.6 is 0 Å². The molecule has 0 fully saturated rings. The number of rotatable bonds is 1. The van der Waals surface area contributed by atoms with E-state index in [1.54, 1.807) is 7.05 Å². The van der Waals surface area contributed by atoms with Gasteiger partial charge in [0.1, 0.15) is 0 Å². The highest BCUT2D eigenvalue weighted by molar-refractivity contribution is 5.93. The molecule has 4 nitrogen and oxygen atoms in total. The van der Waals surface area contributed by atoms with Crippen molar-refractivity contribution in [1.29, 1.82) is 0 Å². The molecule has 0 saturated carbocycles. The molecule has 0 radical (unpaired) electrons. The lowest BCUT2D eigenvalue weighted by Gasteiger charge is -1.98. The number of amides is 1. The van der Waals surface area contributed by atoms with E-state index in [4.69, 9.17) is 0 Å². The van der Waals surface area contributed by atoms with Gasteiger partial charge in [-0.05, 0) is 0 Å². The van der Waals surface area contributed by atoms with Gasteiger partial charge in [-0.2, -0.15) is 4.73 Å². The lowest BCUT2D eigenvalue weighted by molar-refractivity contribution is -0.605. The Morgan fingerprint density at radius 1 is 1.55 bits per heavy atom. The molecule has 0 bridgehead atoms. The van der Waals surface area contributed by atoms with Crippen molar-refractivity contribution in [3.63, 3.8) is 0 Å². The molecule has 1 aromatic heterocycles. The first kappa shape index (κ1) is 7.53. The van der Waals surface area contributed by atoms with Crippen molar-refractivity contribution in [1.82, 2.24) is 5.32 Å². The van der Waals surface area contributed by atoms with Crippen LogP contribution in [0.2, 0.25) is 0 Å². The number of pyridine rings is 1. The van der Waals surface area contributed by atoms with Crippen LogP contribution in [0, 0.1) is 5.21 Å². The van der Waals surface area contributed by atoms with Crippen LogP contribution in [0.5, 0.6) is 0 Å². The van der Waals surface area contributed by atoms with Crippen LogP contribution in [-0.4, -0.2) is 13.0 Å². The van der Waals surface area contributed by atoms with E-state index in [-0.39, 0.29) is 5.91 Å². The average Bonchev–Trinajstić information content (AvgIpc) is 2.05. The zero-order valence-corrected chi connectivity index (χ0v) is 6.07. The Balaban J connectivity index is 2.90. The summed E-state index contributed by atoms with van der Waals surface area (Å²) in [7, 11) is 1.54. The Bertz CT molecular complexity index is 256. The molecule has 0 aliphatic rings. The molecule has 1 rings (SSSR count). The second-order valence-electron chi connectivity index (χ2n) is 2.03. The lowest BCUT2D eigenvalue weighted by atomic mass is 10.2. The van der Waals surface area contributed by atoms with Gasteiger partial charge >= 0.3 is 0 Å². The minimum absolute atomic E-state index is 0.189. The van der Waals surface area contributed by atoms with E-state index in [1.165, 1.54) is 24.5 Å². The first-order valence-electron chi connectivity index (χ1n) is 3.15. The summed E-state index contributed by atoms with van der Waals surface area (Å²) in [6, 6.07) is 2.93. The first-order valence-corrected chi connectivity index (χ1v) is 3.15. The van der Waals surface area contributed by atoms with E-state index in [1.807, 2.05) is 0 Å². The summed E-state index contributed by atoms with van der Waals surface area (Å²) in [5.41, 5.74) is 0.486. The van der Waals surface area contributed by atoms with Crippen molar-refractivity contribution < 1.29 is 9.52 Å². The number of nitrogens with zero attached hydrogens (tertiary/aromatic N) is 1. The quantitative estimate of drug-likeness (QED) is 0.443. The smallest absolute Gasteiger partial charge is 0.251 e. The Hall–Kier alpha value is -1.58. The maximum absolute atomic E-state index is 10.9. The van der Waals surface area contributed by atoms with Crippen LogP contribution in [0.3, 0.4) is 0 Å². The van der Waals surface area contributed by atoms with Gasteiger partial charge in [0.05, 0.1) is 5.56 Å². The van der Waals surface area contributed by atoms with E-state index in [0.29, 0.717) is 10.3 Å². The van der Waals surface area contributed by atoms with Gasteiger partial charge in [0.2, 0.25) is 0 Å². The minimum atomic E-state index is -0.189. The van der Waals surface area contributed by atoms with Gasteiger partial charge in [-0.15, -0.1) is 0 Å². The number of carbonyl (C=O) groups excluding carboxylic acids is 1. The largest absolute Gasteiger partial charge is 0.619 e. The number of hydrogen-bond acceptors (Lipinski definition) is 2. The summed E-state index contributed by atoms with van der Waals surface area (Å²) >= 11 is 0.